The summed E-state index contributed by atoms with van der Waals surface area (Å²) in [6.07, 6.45) is -0.404. The molecule has 1 aromatic carbocycles. The minimum atomic E-state index is -4.79. The Balaban J connectivity index is 1.10. The molecule has 0 aliphatic heterocycles. The number of hydrogen-bond donors (Lipinski definition) is 3. The molecule has 9 nitrogen and oxygen atoms in total. The van der Waals surface area contributed by atoms with Crippen LogP contribution in [-0.4, -0.2) is 44.5 Å². The van der Waals surface area contributed by atoms with E-state index in [0.717, 1.165) is 34.7 Å². The first-order valence-electron chi connectivity index (χ1n) is 11.0. The van der Waals surface area contributed by atoms with Gasteiger partial charge in [-0.3, -0.25) is 4.79 Å². The maximum Gasteiger partial charge on any atom is 0.573 e. The summed E-state index contributed by atoms with van der Waals surface area (Å²) in [6, 6.07) is 9.65. The van der Waals surface area contributed by atoms with Crippen LogP contribution in [0.15, 0.2) is 42.6 Å². The van der Waals surface area contributed by atoms with Gasteiger partial charge in [-0.05, 0) is 49.1 Å². The number of hydrogen-bond acceptors (Lipinski definition) is 10. The number of alkyl halides is 3. The first-order chi connectivity index (χ1) is 17.3. The number of carbonyl (C=O) groups is 1. The minimum absolute atomic E-state index is 0.130. The molecule has 5 rings (SSSR count). The van der Waals surface area contributed by atoms with Gasteiger partial charge >= 0.3 is 6.36 Å². The van der Waals surface area contributed by atoms with Gasteiger partial charge in [0.15, 0.2) is 10.8 Å². The van der Waals surface area contributed by atoms with E-state index < -0.39 is 12.3 Å². The Morgan fingerprint density at radius 3 is 2.58 bits per heavy atom. The van der Waals surface area contributed by atoms with Crippen molar-refractivity contribution in [3.8, 4) is 5.75 Å². The topological polar surface area (TPSA) is 114 Å². The number of thiazole rings is 1. The summed E-state index contributed by atoms with van der Waals surface area (Å²) in [4.78, 5) is 21.1. The second-order valence-corrected chi connectivity index (χ2v) is 10.2. The Morgan fingerprint density at radius 1 is 1.03 bits per heavy atom. The maximum atomic E-state index is 12.4. The molecule has 2 atom stereocenters. The number of amides is 1. The molecule has 1 aliphatic carbocycles. The third-order valence-electron chi connectivity index (χ3n) is 5.42. The van der Waals surface area contributed by atoms with Crippen LogP contribution < -0.4 is 20.7 Å². The average molecular weight is 536 g/mol. The number of ether oxygens (including phenoxy) is 1. The Hall–Kier alpha value is -3.52. The molecule has 4 aromatic rings. The van der Waals surface area contributed by atoms with Crippen LogP contribution in [0.3, 0.4) is 0 Å². The number of benzene rings is 1. The molecule has 188 valence electrons. The van der Waals surface area contributed by atoms with Gasteiger partial charge in [-0.15, -0.1) is 23.4 Å². The molecule has 0 bridgehead atoms. The highest BCUT2D eigenvalue weighted by molar-refractivity contribution is 7.22. The molecular formula is C22H20F3N7O2S2. The Bertz CT molecular complexity index is 1330. The van der Waals surface area contributed by atoms with Gasteiger partial charge in [-0.2, -0.15) is 0 Å². The number of nitrogens with one attached hydrogen (secondary N) is 3. The van der Waals surface area contributed by atoms with Crippen LogP contribution in [0.1, 0.15) is 24.8 Å². The van der Waals surface area contributed by atoms with Crippen molar-refractivity contribution in [2.24, 2.45) is 0 Å². The average Bonchev–Trinajstić information content (AvgIpc) is 3.53. The van der Waals surface area contributed by atoms with E-state index in [-0.39, 0.29) is 24.3 Å². The van der Waals surface area contributed by atoms with Crippen LogP contribution in [0.5, 0.6) is 5.75 Å². The van der Waals surface area contributed by atoms with E-state index in [1.165, 1.54) is 29.5 Å². The standard InChI is InChI=1S/C22H20F3N7O2S2/c23-22(24,25)34-15-4-1-3-12(9-15)10-17(33)29-21-32-31-20(36-21)28-14-7-6-13(11-14)27-19-30-18-16(35-19)5-2-8-26-18/h1-5,8-9,13-14H,6-7,10-11H2,(H,28,31)(H,26,27,30)(H,29,32,33)/t13-,14+/m0/s1. The van der Waals surface area contributed by atoms with Crippen molar-refractivity contribution < 1.29 is 22.7 Å². The normalized spacial score (nSPS) is 17.8. The Morgan fingerprint density at radius 2 is 1.81 bits per heavy atom. The van der Waals surface area contributed by atoms with Crippen molar-refractivity contribution in [1.82, 2.24) is 20.2 Å². The largest absolute Gasteiger partial charge is 0.573 e. The van der Waals surface area contributed by atoms with Crippen LogP contribution in [0.2, 0.25) is 0 Å². The minimum Gasteiger partial charge on any atom is -0.406 e. The Kier molecular flexibility index (Phi) is 6.87. The molecule has 1 fully saturated rings. The molecule has 1 amide bonds. The number of halogens is 3. The highest BCUT2D eigenvalue weighted by Gasteiger charge is 2.31. The monoisotopic (exact) mass is 535 g/mol. The van der Waals surface area contributed by atoms with E-state index in [2.05, 4.69) is 40.9 Å². The molecule has 0 unspecified atom stereocenters. The molecule has 0 spiro atoms. The molecular weight excluding hydrogens is 515 g/mol. The number of rotatable bonds is 8. The number of aromatic nitrogens is 4. The second-order valence-electron chi connectivity index (χ2n) is 8.17. The first kappa shape index (κ1) is 24.2. The molecule has 0 saturated heterocycles. The summed E-state index contributed by atoms with van der Waals surface area (Å²) in [5, 5.41) is 19.3. The summed E-state index contributed by atoms with van der Waals surface area (Å²) < 4.78 is 42.1. The van der Waals surface area contributed by atoms with Gasteiger partial charge < -0.3 is 20.7 Å². The summed E-state index contributed by atoms with van der Waals surface area (Å²) in [5.74, 6) is -0.795. The van der Waals surface area contributed by atoms with E-state index >= 15 is 0 Å². The Labute approximate surface area is 211 Å². The van der Waals surface area contributed by atoms with Gasteiger partial charge in [0, 0.05) is 18.3 Å². The predicted octanol–water partition coefficient (Wildman–Crippen LogP) is 5.07. The zero-order valence-electron chi connectivity index (χ0n) is 18.6. The number of carbonyl (C=O) groups excluding carboxylic acids is 1. The smallest absolute Gasteiger partial charge is 0.406 e. The van der Waals surface area contributed by atoms with Gasteiger partial charge in [0.25, 0.3) is 0 Å². The maximum absolute atomic E-state index is 12.4. The van der Waals surface area contributed by atoms with Gasteiger partial charge in [0.05, 0.1) is 11.1 Å². The highest BCUT2D eigenvalue weighted by Crippen LogP contribution is 2.31. The number of pyridine rings is 1. The highest BCUT2D eigenvalue weighted by atomic mass is 32.1. The molecule has 3 aromatic heterocycles. The molecule has 14 heteroatoms. The van der Waals surface area contributed by atoms with E-state index in [1.807, 2.05) is 12.1 Å². The molecule has 1 aliphatic rings. The van der Waals surface area contributed by atoms with Gasteiger partial charge in [-0.1, -0.05) is 34.8 Å². The van der Waals surface area contributed by atoms with E-state index in [4.69, 9.17) is 0 Å². The molecule has 36 heavy (non-hydrogen) atoms. The van der Waals surface area contributed by atoms with Gasteiger partial charge in [0.2, 0.25) is 16.2 Å². The zero-order valence-corrected chi connectivity index (χ0v) is 20.2. The SMILES string of the molecule is O=C(Cc1cccc(OC(F)(F)F)c1)Nc1nnc(N[C@@H]2CC[C@H](Nc3nc4ncccc4s3)C2)s1. The van der Waals surface area contributed by atoms with Crippen molar-refractivity contribution in [2.45, 2.75) is 44.1 Å². The van der Waals surface area contributed by atoms with E-state index in [1.54, 1.807) is 23.6 Å². The quantitative estimate of drug-likeness (QED) is 0.287. The molecule has 3 N–H and O–H groups in total. The lowest BCUT2D eigenvalue weighted by molar-refractivity contribution is -0.274. The third kappa shape index (κ3) is 6.37. The van der Waals surface area contributed by atoms with Crippen molar-refractivity contribution in [3.63, 3.8) is 0 Å². The summed E-state index contributed by atoms with van der Waals surface area (Å²) in [6.45, 7) is 0. The lowest BCUT2D eigenvalue weighted by Crippen LogP contribution is -2.20. The van der Waals surface area contributed by atoms with Crippen molar-refractivity contribution >= 4 is 54.3 Å². The lowest BCUT2D eigenvalue weighted by atomic mass is 10.1. The fraction of sp³-hybridized carbons (Fsp3) is 0.318. The summed E-state index contributed by atoms with van der Waals surface area (Å²) in [7, 11) is 0. The van der Waals surface area contributed by atoms with E-state index in [0.29, 0.717) is 15.8 Å². The van der Waals surface area contributed by atoms with Crippen LogP contribution in [0.4, 0.5) is 28.6 Å². The lowest BCUT2D eigenvalue weighted by Gasteiger charge is -2.13. The fourth-order valence-corrected chi connectivity index (χ4v) is 5.60. The third-order valence-corrected chi connectivity index (χ3v) is 7.13. The zero-order chi connectivity index (χ0) is 25.1. The predicted molar refractivity (Wildman–Crippen MR) is 131 cm³/mol. The fourth-order valence-electron chi connectivity index (χ4n) is 3.96. The van der Waals surface area contributed by atoms with Crippen LogP contribution >= 0.6 is 22.7 Å². The first-order valence-corrected chi connectivity index (χ1v) is 12.6. The summed E-state index contributed by atoms with van der Waals surface area (Å²) in [5.41, 5.74) is 1.12. The van der Waals surface area contributed by atoms with Crippen molar-refractivity contribution in [1.29, 1.82) is 0 Å². The van der Waals surface area contributed by atoms with E-state index in [9.17, 15) is 18.0 Å². The van der Waals surface area contributed by atoms with Crippen molar-refractivity contribution in [3.05, 3.63) is 48.2 Å². The summed E-state index contributed by atoms with van der Waals surface area (Å²) >= 11 is 2.78. The molecule has 0 radical (unpaired) electrons. The van der Waals surface area contributed by atoms with Crippen molar-refractivity contribution in [2.75, 3.05) is 16.0 Å². The van der Waals surface area contributed by atoms with Crippen LogP contribution in [0.25, 0.3) is 10.3 Å². The van der Waals surface area contributed by atoms with Gasteiger partial charge in [-0.25, -0.2) is 9.97 Å². The molecule has 3 heterocycles. The number of nitrogens with zero attached hydrogens (tertiary/aromatic N) is 4. The molecule has 1 saturated carbocycles. The number of anilines is 3. The van der Waals surface area contributed by atoms with Crippen LogP contribution in [0, 0.1) is 0 Å². The van der Waals surface area contributed by atoms with Crippen LogP contribution in [-0.2, 0) is 11.2 Å². The van der Waals surface area contributed by atoms with Gasteiger partial charge in [0.1, 0.15) is 5.75 Å². The number of fused-ring (bicyclic) bond motifs is 1. The second kappa shape index (κ2) is 10.2.